The van der Waals surface area contributed by atoms with Gasteiger partial charge in [-0.2, -0.15) is 5.10 Å². The Labute approximate surface area is 179 Å². The van der Waals surface area contributed by atoms with Crippen LogP contribution in [0.15, 0.2) is 86.8 Å². The number of amides is 1. The maximum Gasteiger partial charge on any atom is 0.281 e. The van der Waals surface area contributed by atoms with Crippen LogP contribution in [0.2, 0.25) is 0 Å². The fourth-order valence-corrected chi connectivity index (χ4v) is 3.97. The molecular formula is C21H16Br2N2O3. The van der Waals surface area contributed by atoms with Crippen LogP contribution < -0.4 is 5.43 Å². The SMILES string of the molecule is O=C(N/N=C/c1cc(Br)cc(Br)c1O)C(O)(c1ccccc1)c1ccccc1. The van der Waals surface area contributed by atoms with E-state index in [-0.39, 0.29) is 5.75 Å². The van der Waals surface area contributed by atoms with E-state index >= 15 is 0 Å². The average Bonchev–Trinajstić information content (AvgIpc) is 2.72. The van der Waals surface area contributed by atoms with Crippen molar-refractivity contribution in [3.8, 4) is 5.75 Å². The Kier molecular flexibility index (Phi) is 6.28. The average molecular weight is 504 g/mol. The third kappa shape index (κ3) is 4.16. The van der Waals surface area contributed by atoms with Gasteiger partial charge in [0.25, 0.3) is 5.91 Å². The van der Waals surface area contributed by atoms with Gasteiger partial charge in [0.1, 0.15) is 5.75 Å². The lowest BCUT2D eigenvalue weighted by atomic mass is 9.85. The van der Waals surface area contributed by atoms with Gasteiger partial charge in [-0.05, 0) is 39.2 Å². The second-order valence-electron chi connectivity index (χ2n) is 5.97. The fraction of sp³-hybridized carbons (Fsp3) is 0.0476. The van der Waals surface area contributed by atoms with Crippen LogP contribution in [0.4, 0.5) is 0 Å². The standard InChI is InChI=1S/C21H16Br2N2O3/c22-17-11-14(19(26)18(23)12-17)13-24-25-20(27)21(28,15-7-3-1-4-8-15)16-9-5-2-6-10-16/h1-13,26,28H,(H,25,27)/b24-13+. The molecule has 0 aliphatic heterocycles. The maximum atomic E-state index is 12.9. The Balaban J connectivity index is 1.91. The van der Waals surface area contributed by atoms with E-state index in [1.807, 2.05) is 0 Å². The Morgan fingerprint density at radius 2 is 1.50 bits per heavy atom. The van der Waals surface area contributed by atoms with Gasteiger partial charge in [-0.15, -0.1) is 0 Å². The smallest absolute Gasteiger partial charge is 0.281 e. The summed E-state index contributed by atoms with van der Waals surface area (Å²) in [5.41, 5.74) is 1.69. The monoisotopic (exact) mass is 502 g/mol. The van der Waals surface area contributed by atoms with Gasteiger partial charge < -0.3 is 10.2 Å². The molecule has 0 aliphatic rings. The second kappa shape index (κ2) is 8.68. The second-order valence-corrected chi connectivity index (χ2v) is 7.74. The summed E-state index contributed by atoms with van der Waals surface area (Å²) in [7, 11) is 0. The predicted octanol–water partition coefficient (Wildman–Crippen LogP) is 4.30. The van der Waals surface area contributed by atoms with Gasteiger partial charge in [0, 0.05) is 10.0 Å². The van der Waals surface area contributed by atoms with Crippen LogP contribution in [0.1, 0.15) is 16.7 Å². The van der Waals surface area contributed by atoms with Crippen molar-refractivity contribution in [1.82, 2.24) is 5.43 Å². The van der Waals surface area contributed by atoms with E-state index in [0.29, 0.717) is 21.2 Å². The molecule has 0 saturated heterocycles. The van der Waals surface area contributed by atoms with E-state index in [2.05, 4.69) is 42.4 Å². The number of nitrogens with one attached hydrogen (secondary N) is 1. The normalized spacial score (nSPS) is 11.5. The van der Waals surface area contributed by atoms with E-state index in [0.717, 1.165) is 4.47 Å². The molecule has 1 amide bonds. The number of carbonyl (C=O) groups is 1. The van der Waals surface area contributed by atoms with Crippen molar-refractivity contribution in [3.05, 3.63) is 98.4 Å². The van der Waals surface area contributed by atoms with E-state index in [1.165, 1.54) is 6.21 Å². The Hall–Kier alpha value is -2.48. The molecule has 0 heterocycles. The molecule has 7 heteroatoms. The summed E-state index contributed by atoms with van der Waals surface area (Å²) in [6.07, 6.45) is 1.30. The van der Waals surface area contributed by atoms with E-state index in [1.54, 1.807) is 72.8 Å². The quantitative estimate of drug-likeness (QED) is 0.358. The number of phenols is 1. The van der Waals surface area contributed by atoms with E-state index in [9.17, 15) is 15.0 Å². The Morgan fingerprint density at radius 1 is 0.964 bits per heavy atom. The van der Waals surface area contributed by atoms with Crippen LogP contribution in [-0.2, 0) is 10.4 Å². The predicted molar refractivity (Wildman–Crippen MR) is 115 cm³/mol. The van der Waals surface area contributed by atoms with Crippen molar-refractivity contribution >= 4 is 44.0 Å². The number of aliphatic hydroxyl groups is 1. The van der Waals surface area contributed by atoms with Gasteiger partial charge in [0.15, 0.2) is 5.60 Å². The molecule has 0 aliphatic carbocycles. The molecular weight excluding hydrogens is 488 g/mol. The first kappa shape index (κ1) is 20.3. The summed E-state index contributed by atoms with van der Waals surface area (Å²) in [6, 6.07) is 20.6. The number of hydrogen-bond donors (Lipinski definition) is 3. The first-order valence-corrected chi connectivity index (χ1v) is 9.86. The lowest BCUT2D eigenvalue weighted by Gasteiger charge is -2.27. The molecule has 3 aromatic carbocycles. The molecule has 3 aromatic rings. The van der Waals surface area contributed by atoms with E-state index < -0.39 is 11.5 Å². The highest BCUT2D eigenvalue weighted by Gasteiger charge is 2.39. The minimum atomic E-state index is -1.92. The van der Waals surface area contributed by atoms with Gasteiger partial charge in [-0.3, -0.25) is 4.79 Å². The summed E-state index contributed by atoms with van der Waals surface area (Å²) in [4.78, 5) is 12.9. The van der Waals surface area contributed by atoms with Crippen LogP contribution in [0.3, 0.4) is 0 Å². The van der Waals surface area contributed by atoms with Gasteiger partial charge in [-0.1, -0.05) is 76.6 Å². The third-order valence-electron chi connectivity index (χ3n) is 4.14. The molecule has 0 fully saturated rings. The zero-order valence-electron chi connectivity index (χ0n) is 14.5. The summed E-state index contributed by atoms with van der Waals surface area (Å²) in [6.45, 7) is 0. The molecule has 0 atom stereocenters. The molecule has 0 aromatic heterocycles. The highest BCUT2D eigenvalue weighted by atomic mass is 79.9. The zero-order valence-corrected chi connectivity index (χ0v) is 17.7. The number of phenolic OH excluding ortho intramolecular Hbond substituents is 1. The van der Waals surface area contributed by atoms with Crippen LogP contribution in [0, 0.1) is 0 Å². The number of hydrazone groups is 1. The molecule has 28 heavy (non-hydrogen) atoms. The third-order valence-corrected chi connectivity index (χ3v) is 5.20. The fourth-order valence-electron chi connectivity index (χ4n) is 2.71. The lowest BCUT2D eigenvalue weighted by Crippen LogP contribution is -2.43. The van der Waals surface area contributed by atoms with Crippen LogP contribution in [0.5, 0.6) is 5.75 Å². The molecule has 142 valence electrons. The lowest BCUT2D eigenvalue weighted by molar-refractivity contribution is -0.136. The van der Waals surface area contributed by atoms with Crippen molar-refractivity contribution < 1.29 is 15.0 Å². The number of halogens is 2. The van der Waals surface area contributed by atoms with Gasteiger partial charge >= 0.3 is 0 Å². The minimum Gasteiger partial charge on any atom is -0.506 e. The first-order valence-electron chi connectivity index (χ1n) is 8.28. The molecule has 3 rings (SSSR count). The van der Waals surface area contributed by atoms with E-state index in [4.69, 9.17) is 0 Å². The van der Waals surface area contributed by atoms with Crippen molar-refractivity contribution in [1.29, 1.82) is 0 Å². The Bertz CT molecular complexity index is 969. The topological polar surface area (TPSA) is 81.9 Å². The number of nitrogens with zero attached hydrogens (tertiary/aromatic N) is 1. The first-order chi connectivity index (χ1) is 13.4. The highest BCUT2D eigenvalue weighted by Crippen LogP contribution is 2.31. The van der Waals surface area contributed by atoms with Gasteiger partial charge in [-0.25, -0.2) is 5.43 Å². The van der Waals surface area contributed by atoms with Crippen LogP contribution in [0.25, 0.3) is 0 Å². The molecule has 5 nitrogen and oxygen atoms in total. The molecule has 3 N–H and O–H groups in total. The van der Waals surface area contributed by atoms with Crippen molar-refractivity contribution in [2.75, 3.05) is 0 Å². The maximum absolute atomic E-state index is 12.9. The van der Waals surface area contributed by atoms with Gasteiger partial charge in [0.2, 0.25) is 0 Å². The van der Waals surface area contributed by atoms with Crippen LogP contribution in [-0.4, -0.2) is 22.3 Å². The number of aromatic hydroxyl groups is 1. The summed E-state index contributed by atoms with van der Waals surface area (Å²) in [5.74, 6) is -0.725. The largest absolute Gasteiger partial charge is 0.506 e. The minimum absolute atomic E-state index is 0.0115. The highest BCUT2D eigenvalue weighted by molar-refractivity contribution is 9.11. The number of hydrogen-bond acceptors (Lipinski definition) is 4. The van der Waals surface area contributed by atoms with Crippen LogP contribution >= 0.6 is 31.9 Å². The van der Waals surface area contributed by atoms with Crippen molar-refractivity contribution in [2.24, 2.45) is 5.10 Å². The zero-order chi connectivity index (χ0) is 20.1. The molecule has 0 bridgehead atoms. The summed E-state index contributed by atoms with van der Waals surface area (Å²) < 4.78 is 1.22. The van der Waals surface area contributed by atoms with Gasteiger partial charge in [0.05, 0.1) is 10.7 Å². The molecule has 0 saturated carbocycles. The number of rotatable bonds is 5. The number of carbonyl (C=O) groups excluding carboxylic acids is 1. The van der Waals surface area contributed by atoms with Crippen molar-refractivity contribution in [3.63, 3.8) is 0 Å². The molecule has 0 radical (unpaired) electrons. The summed E-state index contributed by atoms with van der Waals surface area (Å²) >= 11 is 6.57. The molecule has 0 unspecified atom stereocenters. The Morgan fingerprint density at radius 3 is 2.04 bits per heavy atom. The summed E-state index contributed by atoms with van der Waals surface area (Å²) in [5, 5.41) is 25.3. The number of benzene rings is 3. The molecule has 0 spiro atoms. The van der Waals surface area contributed by atoms with Crippen molar-refractivity contribution in [2.45, 2.75) is 5.60 Å².